The molecule has 0 unspecified atom stereocenters. The minimum Gasteiger partial charge on any atom is -0.491 e. The molecule has 1 aromatic rings. The van der Waals surface area contributed by atoms with Crippen molar-refractivity contribution in [3.63, 3.8) is 0 Å². The van der Waals surface area contributed by atoms with Crippen molar-refractivity contribution < 1.29 is 17.9 Å². The maximum absolute atomic E-state index is 12.6. The van der Waals surface area contributed by atoms with Crippen molar-refractivity contribution in [1.29, 1.82) is 0 Å². The summed E-state index contributed by atoms with van der Waals surface area (Å²) in [7, 11) is 0. The molecule has 0 fully saturated rings. The molecule has 1 aliphatic rings. The van der Waals surface area contributed by atoms with Crippen molar-refractivity contribution in [2.45, 2.75) is 18.6 Å². The number of hydrogen-bond donors (Lipinski definition) is 1. The molecule has 2 N–H and O–H groups in total. The molecule has 2 nitrogen and oxygen atoms in total. The van der Waals surface area contributed by atoms with E-state index in [1.54, 1.807) is 6.07 Å². The molecule has 0 bridgehead atoms. The lowest BCUT2D eigenvalue weighted by Crippen LogP contribution is -2.34. The summed E-state index contributed by atoms with van der Waals surface area (Å²) in [4.78, 5) is 0. The molecule has 0 saturated carbocycles. The molecule has 0 spiro atoms. The summed E-state index contributed by atoms with van der Waals surface area (Å²) in [5, 5.41) is 0. The zero-order valence-electron chi connectivity index (χ0n) is 7.84. The molecule has 0 aliphatic carbocycles. The molecule has 0 amide bonds. The van der Waals surface area contributed by atoms with Gasteiger partial charge in [-0.05, 0) is 18.1 Å². The van der Waals surface area contributed by atoms with Gasteiger partial charge in [-0.15, -0.1) is 0 Å². The van der Waals surface area contributed by atoms with E-state index in [1.165, 1.54) is 6.07 Å². The zero-order valence-corrected chi connectivity index (χ0v) is 7.84. The summed E-state index contributed by atoms with van der Waals surface area (Å²) in [5.74, 6) is -0.0632. The van der Waals surface area contributed by atoms with Crippen LogP contribution >= 0.6 is 0 Å². The Labute approximate surface area is 84.8 Å². The van der Waals surface area contributed by atoms with Gasteiger partial charge >= 0.3 is 6.18 Å². The van der Waals surface area contributed by atoms with E-state index >= 15 is 0 Å². The Hall–Kier alpha value is -1.23. The smallest absolute Gasteiger partial charge is 0.419 e. The Morgan fingerprint density at radius 3 is 2.73 bits per heavy atom. The van der Waals surface area contributed by atoms with Crippen molar-refractivity contribution >= 4 is 0 Å². The fourth-order valence-electron chi connectivity index (χ4n) is 1.67. The molecule has 0 radical (unpaired) electrons. The molecule has 2 rings (SSSR count). The van der Waals surface area contributed by atoms with Crippen molar-refractivity contribution in [3.8, 4) is 5.75 Å². The van der Waals surface area contributed by atoms with Crippen molar-refractivity contribution in [3.05, 3.63) is 29.3 Å². The normalized spacial score (nSPS) is 20.7. The van der Waals surface area contributed by atoms with Crippen LogP contribution in [0, 0.1) is 0 Å². The van der Waals surface area contributed by atoms with Crippen LogP contribution in [-0.4, -0.2) is 12.6 Å². The van der Waals surface area contributed by atoms with Crippen LogP contribution in [0.2, 0.25) is 0 Å². The van der Waals surface area contributed by atoms with E-state index in [0.717, 1.165) is 6.07 Å². The van der Waals surface area contributed by atoms with Crippen LogP contribution in [0.25, 0.3) is 0 Å². The van der Waals surface area contributed by atoms with E-state index in [1.807, 2.05) is 0 Å². The topological polar surface area (TPSA) is 35.2 Å². The Kier molecular flexibility index (Phi) is 2.34. The molecule has 0 aromatic heterocycles. The van der Waals surface area contributed by atoms with E-state index in [2.05, 4.69) is 0 Å². The Balaban J connectivity index is 2.47. The number of fused-ring (bicyclic) bond motifs is 1. The van der Waals surface area contributed by atoms with Crippen molar-refractivity contribution in [1.82, 2.24) is 0 Å². The van der Waals surface area contributed by atoms with E-state index in [0.29, 0.717) is 12.0 Å². The second-order valence-corrected chi connectivity index (χ2v) is 3.57. The Morgan fingerprint density at radius 1 is 1.33 bits per heavy atom. The Bertz CT molecular complexity index is 375. The maximum atomic E-state index is 12.6. The monoisotopic (exact) mass is 217 g/mol. The van der Waals surface area contributed by atoms with Gasteiger partial charge in [0.15, 0.2) is 0 Å². The predicted octanol–water partition coefficient (Wildman–Crippen LogP) is 1.97. The second kappa shape index (κ2) is 3.41. The van der Waals surface area contributed by atoms with E-state index < -0.39 is 11.7 Å². The van der Waals surface area contributed by atoms with Crippen LogP contribution in [0.5, 0.6) is 5.75 Å². The fourth-order valence-corrected chi connectivity index (χ4v) is 1.67. The van der Waals surface area contributed by atoms with Gasteiger partial charge in [0.05, 0.1) is 5.56 Å². The number of benzene rings is 1. The average molecular weight is 217 g/mol. The van der Waals surface area contributed by atoms with Crippen molar-refractivity contribution in [2.24, 2.45) is 5.73 Å². The zero-order chi connectivity index (χ0) is 11.1. The highest BCUT2D eigenvalue weighted by Crippen LogP contribution is 2.39. The molecule has 1 heterocycles. The Morgan fingerprint density at radius 2 is 2.07 bits per heavy atom. The summed E-state index contributed by atoms with van der Waals surface area (Å²) in [6.07, 6.45) is -3.94. The molecule has 1 aromatic carbocycles. The highest BCUT2D eigenvalue weighted by Gasteiger charge is 2.36. The van der Waals surface area contributed by atoms with Crippen LogP contribution in [0.1, 0.15) is 11.1 Å². The first-order valence-electron chi connectivity index (χ1n) is 4.56. The van der Waals surface area contributed by atoms with Gasteiger partial charge in [0.1, 0.15) is 12.4 Å². The molecular weight excluding hydrogens is 207 g/mol. The van der Waals surface area contributed by atoms with E-state index in [-0.39, 0.29) is 18.4 Å². The number of halogens is 3. The van der Waals surface area contributed by atoms with Crippen LogP contribution in [0.4, 0.5) is 13.2 Å². The minimum atomic E-state index is -4.37. The third-order valence-electron chi connectivity index (χ3n) is 2.33. The van der Waals surface area contributed by atoms with Crippen LogP contribution < -0.4 is 10.5 Å². The SMILES string of the molecule is N[C@H]1COc2c(cccc2C(F)(F)F)C1. The second-order valence-electron chi connectivity index (χ2n) is 3.57. The molecule has 15 heavy (non-hydrogen) atoms. The van der Waals surface area contributed by atoms with Crippen LogP contribution in [0.15, 0.2) is 18.2 Å². The summed E-state index contributed by atoms with van der Waals surface area (Å²) >= 11 is 0. The summed E-state index contributed by atoms with van der Waals surface area (Å²) in [6.45, 7) is 0.139. The van der Waals surface area contributed by atoms with E-state index in [9.17, 15) is 13.2 Å². The van der Waals surface area contributed by atoms with Crippen LogP contribution in [0.3, 0.4) is 0 Å². The lowest BCUT2D eigenvalue weighted by molar-refractivity contribution is -0.139. The van der Waals surface area contributed by atoms with Crippen LogP contribution in [-0.2, 0) is 12.6 Å². The largest absolute Gasteiger partial charge is 0.491 e. The first-order valence-corrected chi connectivity index (χ1v) is 4.56. The van der Waals surface area contributed by atoms with Gasteiger partial charge in [-0.2, -0.15) is 13.2 Å². The molecule has 82 valence electrons. The number of para-hydroxylation sites is 1. The minimum absolute atomic E-state index is 0.0632. The highest BCUT2D eigenvalue weighted by atomic mass is 19.4. The first kappa shape index (κ1) is 10.3. The summed E-state index contributed by atoms with van der Waals surface area (Å²) in [6, 6.07) is 3.79. The molecular formula is C10H10F3NO. The molecule has 1 aliphatic heterocycles. The van der Waals surface area contributed by atoms with Gasteiger partial charge < -0.3 is 10.5 Å². The standard InChI is InChI=1S/C10H10F3NO/c11-10(12,13)8-3-1-2-6-4-7(14)5-15-9(6)8/h1-3,7H,4-5,14H2/t7-/m1/s1. The first-order chi connectivity index (χ1) is 6.98. The number of rotatable bonds is 0. The fraction of sp³-hybridized carbons (Fsp3) is 0.400. The van der Waals surface area contributed by atoms with Gasteiger partial charge in [-0.3, -0.25) is 0 Å². The van der Waals surface area contributed by atoms with Crippen molar-refractivity contribution in [2.75, 3.05) is 6.61 Å². The summed E-state index contributed by atoms with van der Waals surface area (Å²) < 4.78 is 42.7. The highest BCUT2D eigenvalue weighted by molar-refractivity contribution is 5.44. The number of ether oxygens (including phenoxy) is 1. The lowest BCUT2D eigenvalue weighted by Gasteiger charge is -2.25. The number of alkyl halides is 3. The predicted molar refractivity (Wildman–Crippen MR) is 48.6 cm³/mol. The molecule has 5 heteroatoms. The van der Waals surface area contributed by atoms with E-state index in [4.69, 9.17) is 10.5 Å². The quantitative estimate of drug-likeness (QED) is 0.721. The van der Waals surface area contributed by atoms with Gasteiger partial charge in [0, 0.05) is 6.04 Å². The molecule has 1 atom stereocenters. The van der Waals surface area contributed by atoms with Gasteiger partial charge in [0.2, 0.25) is 0 Å². The number of hydrogen-bond acceptors (Lipinski definition) is 2. The molecule has 0 saturated heterocycles. The van der Waals surface area contributed by atoms with Gasteiger partial charge in [-0.1, -0.05) is 12.1 Å². The summed E-state index contributed by atoms with van der Waals surface area (Å²) in [5.41, 5.74) is 5.42. The third kappa shape index (κ3) is 1.92. The average Bonchev–Trinajstić information content (AvgIpc) is 2.15. The van der Waals surface area contributed by atoms with Gasteiger partial charge in [0.25, 0.3) is 0 Å². The third-order valence-corrected chi connectivity index (χ3v) is 2.33. The lowest BCUT2D eigenvalue weighted by atomic mass is 10.00. The number of nitrogens with two attached hydrogens (primary N) is 1. The van der Waals surface area contributed by atoms with Gasteiger partial charge in [-0.25, -0.2) is 0 Å². The maximum Gasteiger partial charge on any atom is 0.419 e.